The third-order valence-electron chi connectivity index (χ3n) is 4.59. The number of aryl methyl sites for hydroxylation is 2. The zero-order valence-corrected chi connectivity index (χ0v) is 16.3. The Labute approximate surface area is 171 Å². The molecule has 0 saturated heterocycles. The molecule has 8 heteroatoms. The van der Waals surface area contributed by atoms with Crippen LogP contribution in [-0.2, 0) is 0 Å². The first-order chi connectivity index (χ1) is 14.5. The summed E-state index contributed by atoms with van der Waals surface area (Å²) in [7, 11) is 0. The van der Waals surface area contributed by atoms with Crippen LogP contribution in [0.4, 0.5) is 11.4 Å². The van der Waals surface area contributed by atoms with Crippen LogP contribution in [0.25, 0.3) is 11.5 Å². The minimum Gasteiger partial charge on any atom is -0.459 e. The maximum absolute atomic E-state index is 12.8. The Morgan fingerprint density at radius 3 is 2.30 bits per heavy atom. The third-order valence-corrected chi connectivity index (χ3v) is 4.59. The van der Waals surface area contributed by atoms with Gasteiger partial charge in [0, 0.05) is 22.5 Å². The monoisotopic (exact) mass is 402 g/mol. The van der Waals surface area contributed by atoms with Gasteiger partial charge in [0.1, 0.15) is 0 Å². The van der Waals surface area contributed by atoms with E-state index >= 15 is 0 Å². The van der Waals surface area contributed by atoms with Crippen LogP contribution >= 0.6 is 0 Å². The van der Waals surface area contributed by atoms with Gasteiger partial charge in [-0.25, -0.2) is 0 Å². The number of carbonyl (C=O) groups excluding carboxylic acids is 2. The van der Waals surface area contributed by atoms with Gasteiger partial charge in [-0.1, -0.05) is 12.1 Å². The van der Waals surface area contributed by atoms with Gasteiger partial charge in [-0.3, -0.25) is 9.59 Å². The van der Waals surface area contributed by atoms with Crippen molar-refractivity contribution in [3.05, 3.63) is 83.6 Å². The van der Waals surface area contributed by atoms with Gasteiger partial charge >= 0.3 is 0 Å². The molecule has 4 rings (SSSR count). The molecule has 2 aromatic carbocycles. The van der Waals surface area contributed by atoms with Gasteiger partial charge < -0.3 is 19.5 Å². The molecular formula is C22H18N4O4. The number of hydrogen-bond donors (Lipinski definition) is 2. The lowest BCUT2D eigenvalue weighted by Gasteiger charge is -2.12. The minimum atomic E-state index is -0.385. The molecule has 2 N–H and O–H groups in total. The van der Waals surface area contributed by atoms with Gasteiger partial charge in [-0.15, -0.1) is 10.2 Å². The molecule has 2 amide bonds. The van der Waals surface area contributed by atoms with Gasteiger partial charge in [-0.05, 0) is 61.4 Å². The topological polar surface area (TPSA) is 110 Å². The fourth-order valence-electron chi connectivity index (χ4n) is 2.87. The van der Waals surface area contributed by atoms with Crippen molar-refractivity contribution in [3.63, 3.8) is 0 Å². The van der Waals surface area contributed by atoms with Crippen LogP contribution in [0.1, 0.15) is 32.0 Å². The smallest absolute Gasteiger partial charge is 0.291 e. The van der Waals surface area contributed by atoms with E-state index < -0.39 is 0 Å². The lowest BCUT2D eigenvalue weighted by Crippen LogP contribution is -2.15. The van der Waals surface area contributed by atoms with Crippen LogP contribution in [-0.4, -0.2) is 22.0 Å². The van der Waals surface area contributed by atoms with Gasteiger partial charge in [-0.2, -0.15) is 0 Å². The summed E-state index contributed by atoms with van der Waals surface area (Å²) in [5, 5.41) is 13.2. The van der Waals surface area contributed by atoms with E-state index in [1.54, 1.807) is 36.4 Å². The van der Waals surface area contributed by atoms with Crippen LogP contribution in [0.2, 0.25) is 0 Å². The highest BCUT2D eigenvalue weighted by atomic mass is 16.4. The Morgan fingerprint density at radius 1 is 0.867 bits per heavy atom. The molecule has 0 fully saturated rings. The summed E-state index contributed by atoms with van der Waals surface area (Å²) in [6.45, 7) is 3.73. The second kappa shape index (κ2) is 8.04. The van der Waals surface area contributed by atoms with Crippen molar-refractivity contribution in [1.82, 2.24) is 10.2 Å². The number of hydrogen-bond acceptors (Lipinski definition) is 6. The van der Waals surface area contributed by atoms with Crippen molar-refractivity contribution in [2.75, 3.05) is 10.6 Å². The van der Waals surface area contributed by atoms with Crippen molar-refractivity contribution < 1.29 is 18.4 Å². The third kappa shape index (κ3) is 3.97. The number of furan rings is 1. The fourth-order valence-corrected chi connectivity index (χ4v) is 2.87. The maximum Gasteiger partial charge on any atom is 0.291 e. The zero-order chi connectivity index (χ0) is 21.1. The molecule has 150 valence electrons. The Bertz CT molecular complexity index is 1200. The van der Waals surface area contributed by atoms with Crippen LogP contribution in [0.15, 0.2) is 70.0 Å². The predicted octanol–water partition coefficient (Wildman–Crippen LogP) is 4.45. The summed E-state index contributed by atoms with van der Waals surface area (Å²) in [5.74, 6) is -0.139. The van der Waals surface area contributed by atoms with E-state index in [1.807, 2.05) is 26.0 Å². The second-order valence-corrected chi connectivity index (χ2v) is 6.69. The lowest BCUT2D eigenvalue weighted by molar-refractivity contribution is 0.0993. The fraction of sp³-hybridized carbons (Fsp3) is 0.0909. The van der Waals surface area contributed by atoms with E-state index in [0.717, 1.165) is 11.1 Å². The summed E-state index contributed by atoms with van der Waals surface area (Å²) < 4.78 is 10.3. The molecule has 8 nitrogen and oxygen atoms in total. The Hall–Kier alpha value is -4.20. The molecule has 4 aromatic rings. The van der Waals surface area contributed by atoms with Crippen molar-refractivity contribution in [2.24, 2.45) is 0 Å². The van der Waals surface area contributed by atoms with Crippen LogP contribution in [0.3, 0.4) is 0 Å². The van der Waals surface area contributed by atoms with Gasteiger partial charge in [0.05, 0.1) is 6.26 Å². The van der Waals surface area contributed by atoms with Crippen molar-refractivity contribution in [2.45, 2.75) is 13.8 Å². The minimum absolute atomic E-state index is 0.192. The van der Waals surface area contributed by atoms with E-state index in [0.29, 0.717) is 28.4 Å². The number of carbonyl (C=O) groups is 2. The summed E-state index contributed by atoms with van der Waals surface area (Å²) in [4.78, 5) is 25.1. The summed E-state index contributed by atoms with van der Waals surface area (Å²) in [5.41, 5.74) is 3.95. The molecule has 0 unspecified atom stereocenters. The average Bonchev–Trinajstić information content (AvgIpc) is 3.45. The maximum atomic E-state index is 12.8. The number of nitrogens with zero attached hydrogens (tertiary/aromatic N) is 2. The molecule has 0 spiro atoms. The molecule has 0 bridgehead atoms. The first-order valence-corrected chi connectivity index (χ1v) is 9.15. The number of amides is 2. The van der Waals surface area contributed by atoms with Gasteiger partial charge in [0.15, 0.2) is 5.76 Å². The number of nitrogens with one attached hydrogen (secondary N) is 2. The van der Waals surface area contributed by atoms with Gasteiger partial charge in [0.2, 0.25) is 12.3 Å². The Kier molecular flexibility index (Phi) is 5.13. The highest BCUT2D eigenvalue weighted by Crippen LogP contribution is 2.25. The molecule has 2 heterocycles. The van der Waals surface area contributed by atoms with E-state index in [4.69, 9.17) is 8.83 Å². The summed E-state index contributed by atoms with van der Waals surface area (Å²) in [6.07, 6.45) is 2.68. The van der Waals surface area contributed by atoms with E-state index in [1.165, 1.54) is 12.7 Å². The Balaban J connectivity index is 1.55. The number of benzene rings is 2. The molecule has 0 aliphatic heterocycles. The quantitative estimate of drug-likeness (QED) is 0.510. The molecule has 30 heavy (non-hydrogen) atoms. The molecule has 0 saturated carbocycles. The molecule has 2 aromatic heterocycles. The molecule has 0 radical (unpaired) electrons. The first-order valence-electron chi connectivity index (χ1n) is 9.15. The highest BCUT2D eigenvalue weighted by molar-refractivity contribution is 6.07. The lowest BCUT2D eigenvalue weighted by atomic mass is 10.1. The highest BCUT2D eigenvalue weighted by Gasteiger charge is 2.15. The average molecular weight is 402 g/mol. The molecule has 0 aliphatic rings. The van der Waals surface area contributed by atoms with Crippen molar-refractivity contribution in [3.8, 4) is 11.5 Å². The largest absolute Gasteiger partial charge is 0.459 e. The predicted molar refractivity (Wildman–Crippen MR) is 110 cm³/mol. The number of aromatic nitrogens is 2. The molecule has 0 atom stereocenters. The standard InChI is InChI=1S/C22H18N4O4/c1-13-5-7-15(10-17(13)25-21(28)19-4-3-9-29-19)20(27)24-18-11-16(8-6-14(18)2)22-26-23-12-30-22/h3-12H,1-2H3,(H,24,27)(H,25,28). The van der Waals surface area contributed by atoms with E-state index in [9.17, 15) is 9.59 Å². The zero-order valence-electron chi connectivity index (χ0n) is 16.3. The second-order valence-electron chi connectivity index (χ2n) is 6.69. The van der Waals surface area contributed by atoms with Crippen molar-refractivity contribution in [1.29, 1.82) is 0 Å². The van der Waals surface area contributed by atoms with Crippen LogP contribution in [0.5, 0.6) is 0 Å². The van der Waals surface area contributed by atoms with E-state index in [2.05, 4.69) is 20.8 Å². The van der Waals surface area contributed by atoms with Crippen LogP contribution < -0.4 is 10.6 Å². The normalized spacial score (nSPS) is 10.6. The Morgan fingerprint density at radius 2 is 1.60 bits per heavy atom. The van der Waals surface area contributed by atoms with E-state index in [-0.39, 0.29) is 17.6 Å². The first kappa shape index (κ1) is 19.1. The summed E-state index contributed by atoms with van der Waals surface area (Å²) >= 11 is 0. The molecule has 0 aliphatic carbocycles. The SMILES string of the molecule is Cc1ccc(-c2nnco2)cc1NC(=O)c1ccc(C)c(NC(=O)c2ccco2)c1. The summed E-state index contributed by atoms with van der Waals surface area (Å²) in [6, 6.07) is 13.8. The molecular weight excluding hydrogens is 384 g/mol. The van der Waals surface area contributed by atoms with Gasteiger partial charge in [0.25, 0.3) is 11.8 Å². The van der Waals surface area contributed by atoms with Crippen LogP contribution in [0, 0.1) is 13.8 Å². The number of rotatable bonds is 5. The number of anilines is 2. The van der Waals surface area contributed by atoms with Crippen molar-refractivity contribution >= 4 is 23.2 Å².